The number of carbonyl (C=O) groups excluding carboxylic acids is 1. The van der Waals surface area contributed by atoms with E-state index in [1.807, 2.05) is 23.1 Å². The molecule has 0 bridgehead atoms. The number of piperidine rings is 1. The van der Waals surface area contributed by atoms with Crippen LogP contribution < -0.4 is 9.80 Å². The quantitative estimate of drug-likeness (QED) is 0.545. The standard InChI is InChI=1S/C23H27Cl2N3OS/c1-30-18-6-8-22(27-9-3-2-4-10-27)19(16-18)23(29)28-13-11-26(12-14-28)17-5-7-20(24)21(25)15-17/h5-8,15-16H,2-4,9-14H2,1H3. The second-order valence-electron chi connectivity index (χ2n) is 7.81. The summed E-state index contributed by atoms with van der Waals surface area (Å²) < 4.78 is 0. The molecule has 2 heterocycles. The molecule has 2 saturated heterocycles. The number of rotatable bonds is 4. The molecule has 2 aliphatic rings. The van der Waals surface area contributed by atoms with Gasteiger partial charge in [0.05, 0.1) is 15.6 Å². The van der Waals surface area contributed by atoms with Crippen LogP contribution in [0.2, 0.25) is 10.0 Å². The van der Waals surface area contributed by atoms with E-state index >= 15 is 0 Å². The molecule has 7 heteroatoms. The maximum Gasteiger partial charge on any atom is 0.256 e. The maximum absolute atomic E-state index is 13.5. The summed E-state index contributed by atoms with van der Waals surface area (Å²) in [5.41, 5.74) is 2.98. The molecule has 4 nitrogen and oxygen atoms in total. The number of benzene rings is 2. The molecule has 0 aliphatic carbocycles. The Labute approximate surface area is 193 Å². The van der Waals surface area contributed by atoms with E-state index in [-0.39, 0.29) is 5.91 Å². The zero-order valence-electron chi connectivity index (χ0n) is 17.2. The third-order valence-corrected chi connectivity index (χ3v) is 7.43. The van der Waals surface area contributed by atoms with Crippen LogP contribution >= 0.6 is 35.0 Å². The molecule has 30 heavy (non-hydrogen) atoms. The number of piperazine rings is 1. The van der Waals surface area contributed by atoms with Crippen molar-refractivity contribution < 1.29 is 4.79 Å². The smallest absolute Gasteiger partial charge is 0.256 e. The molecular weight excluding hydrogens is 437 g/mol. The minimum atomic E-state index is 0.139. The van der Waals surface area contributed by atoms with E-state index in [2.05, 4.69) is 34.3 Å². The molecule has 0 aromatic heterocycles. The van der Waals surface area contributed by atoms with Crippen LogP contribution in [0, 0.1) is 0 Å². The minimum Gasteiger partial charge on any atom is -0.371 e. The summed E-state index contributed by atoms with van der Waals surface area (Å²) in [5, 5.41) is 1.13. The van der Waals surface area contributed by atoms with E-state index in [0.717, 1.165) is 48.0 Å². The van der Waals surface area contributed by atoms with E-state index in [0.29, 0.717) is 23.1 Å². The largest absolute Gasteiger partial charge is 0.371 e. The predicted octanol–water partition coefficient (Wildman–Crippen LogP) is 5.67. The molecule has 160 valence electrons. The summed E-state index contributed by atoms with van der Waals surface area (Å²) in [6.07, 6.45) is 5.72. The Kier molecular flexibility index (Phi) is 7.01. The molecule has 0 saturated carbocycles. The summed E-state index contributed by atoms with van der Waals surface area (Å²) in [4.78, 5) is 21.3. The number of hydrogen-bond donors (Lipinski definition) is 0. The van der Waals surface area contributed by atoms with Crippen molar-refractivity contribution in [3.63, 3.8) is 0 Å². The summed E-state index contributed by atoms with van der Waals surface area (Å²) in [6.45, 7) is 5.02. The van der Waals surface area contributed by atoms with Crippen LogP contribution in [0.5, 0.6) is 0 Å². The van der Waals surface area contributed by atoms with Crippen molar-refractivity contribution in [1.82, 2.24) is 4.90 Å². The summed E-state index contributed by atoms with van der Waals surface area (Å²) >= 11 is 13.9. The van der Waals surface area contributed by atoms with Crippen LogP contribution in [0.3, 0.4) is 0 Å². The van der Waals surface area contributed by atoms with Crippen LogP contribution in [0.25, 0.3) is 0 Å². The van der Waals surface area contributed by atoms with E-state index in [1.165, 1.54) is 19.3 Å². The van der Waals surface area contributed by atoms with Crippen molar-refractivity contribution in [1.29, 1.82) is 0 Å². The third-order valence-electron chi connectivity index (χ3n) is 5.97. The molecule has 2 aromatic rings. The molecule has 0 N–H and O–H groups in total. The molecule has 0 spiro atoms. The summed E-state index contributed by atoms with van der Waals surface area (Å²) in [7, 11) is 0. The Hall–Kier alpha value is -1.56. The van der Waals surface area contributed by atoms with Gasteiger partial charge in [0.15, 0.2) is 0 Å². The van der Waals surface area contributed by atoms with E-state index < -0.39 is 0 Å². The van der Waals surface area contributed by atoms with Crippen molar-refractivity contribution in [2.45, 2.75) is 24.2 Å². The zero-order chi connectivity index (χ0) is 21.1. The third kappa shape index (κ3) is 4.68. The average Bonchev–Trinajstić information content (AvgIpc) is 2.80. The Bertz CT molecular complexity index is 909. The van der Waals surface area contributed by atoms with Crippen LogP contribution in [-0.4, -0.2) is 56.3 Å². The Morgan fingerprint density at radius 1 is 0.833 bits per heavy atom. The van der Waals surface area contributed by atoms with E-state index in [1.54, 1.807) is 11.8 Å². The van der Waals surface area contributed by atoms with Gasteiger partial charge in [0.2, 0.25) is 0 Å². The number of hydrogen-bond acceptors (Lipinski definition) is 4. The van der Waals surface area contributed by atoms with Gasteiger partial charge >= 0.3 is 0 Å². The number of halogens is 2. The van der Waals surface area contributed by atoms with Crippen molar-refractivity contribution in [2.24, 2.45) is 0 Å². The number of carbonyl (C=O) groups is 1. The maximum atomic E-state index is 13.5. The van der Waals surface area contributed by atoms with E-state index in [9.17, 15) is 4.79 Å². The summed E-state index contributed by atoms with van der Waals surface area (Å²) in [6, 6.07) is 12.1. The lowest BCUT2D eigenvalue weighted by molar-refractivity contribution is 0.0747. The molecular formula is C23H27Cl2N3OS. The fourth-order valence-electron chi connectivity index (χ4n) is 4.24. The van der Waals surface area contributed by atoms with Gasteiger partial charge in [0, 0.05) is 55.5 Å². The predicted molar refractivity (Wildman–Crippen MR) is 129 cm³/mol. The molecule has 4 rings (SSSR count). The molecule has 0 radical (unpaired) electrons. The molecule has 1 amide bonds. The van der Waals surface area contributed by atoms with Crippen LogP contribution in [0.4, 0.5) is 11.4 Å². The van der Waals surface area contributed by atoms with Crippen LogP contribution in [0.1, 0.15) is 29.6 Å². The molecule has 2 aromatic carbocycles. The highest BCUT2D eigenvalue weighted by Gasteiger charge is 2.26. The first-order valence-electron chi connectivity index (χ1n) is 10.5. The van der Waals surface area contributed by atoms with Gasteiger partial charge in [0.1, 0.15) is 0 Å². The fourth-order valence-corrected chi connectivity index (χ4v) is 4.98. The second-order valence-corrected chi connectivity index (χ2v) is 9.50. The molecule has 2 aliphatic heterocycles. The lowest BCUT2D eigenvalue weighted by Crippen LogP contribution is -2.49. The fraction of sp³-hybridized carbons (Fsp3) is 0.435. The minimum absolute atomic E-state index is 0.139. The first-order chi connectivity index (χ1) is 14.6. The van der Waals surface area contributed by atoms with Gasteiger partial charge in [-0.05, 0) is 61.9 Å². The Morgan fingerprint density at radius 3 is 2.23 bits per heavy atom. The highest BCUT2D eigenvalue weighted by molar-refractivity contribution is 7.98. The summed E-state index contributed by atoms with van der Waals surface area (Å²) in [5.74, 6) is 0.139. The normalized spacial score (nSPS) is 17.4. The number of nitrogens with zero attached hydrogens (tertiary/aromatic N) is 3. The van der Waals surface area contributed by atoms with Crippen molar-refractivity contribution in [3.8, 4) is 0 Å². The highest BCUT2D eigenvalue weighted by Crippen LogP contribution is 2.31. The van der Waals surface area contributed by atoms with Gasteiger partial charge in [-0.25, -0.2) is 0 Å². The number of thioether (sulfide) groups is 1. The van der Waals surface area contributed by atoms with Gasteiger partial charge in [-0.3, -0.25) is 4.79 Å². The van der Waals surface area contributed by atoms with Crippen LogP contribution in [-0.2, 0) is 0 Å². The molecule has 0 unspecified atom stereocenters. The zero-order valence-corrected chi connectivity index (χ0v) is 19.6. The SMILES string of the molecule is CSc1ccc(N2CCCCC2)c(C(=O)N2CCN(c3ccc(Cl)c(Cl)c3)CC2)c1. The Morgan fingerprint density at radius 2 is 1.57 bits per heavy atom. The highest BCUT2D eigenvalue weighted by atomic mass is 35.5. The lowest BCUT2D eigenvalue weighted by Gasteiger charge is -2.37. The average molecular weight is 464 g/mol. The second kappa shape index (κ2) is 9.71. The van der Waals surface area contributed by atoms with Gasteiger partial charge in [-0.2, -0.15) is 0 Å². The van der Waals surface area contributed by atoms with Crippen molar-refractivity contribution >= 4 is 52.2 Å². The van der Waals surface area contributed by atoms with Gasteiger partial charge < -0.3 is 14.7 Å². The first kappa shape index (κ1) is 21.7. The van der Waals surface area contributed by atoms with E-state index in [4.69, 9.17) is 23.2 Å². The Balaban J connectivity index is 1.50. The van der Waals surface area contributed by atoms with Crippen molar-refractivity contribution in [3.05, 3.63) is 52.0 Å². The molecule has 2 fully saturated rings. The van der Waals surface area contributed by atoms with Gasteiger partial charge in [-0.1, -0.05) is 23.2 Å². The number of anilines is 2. The van der Waals surface area contributed by atoms with Crippen LogP contribution in [0.15, 0.2) is 41.3 Å². The molecule has 0 atom stereocenters. The van der Waals surface area contributed by atoms with Crippen molar-refractivity contribution in [2.75, 3.05) is 55.3 Å². The van der Waals surface area contributed by atoms with Gasteiger partial charge in [0.25, 0.3) is 5.91 Å². The number of amides is 1. The topological polar surface area (TPSA) is 26.8 Å². The lowest BCUT2D eigenvalue weighted by atomic mass is 10.1. The van der Waals surface area contributed by atoms with Gasteiger partial charge in [-0.15, -0.1) is 11.8 Å². The monoisotopic (exact) mass is 463 g/mol. The first-order valence-corrected chi connectivity index (χ1v) is 12.5.